The first-order valence-corrected chi connectivity index (χ1v) is 6.82. The Balaban J connectivity index is 1.81. The van der Waals surface area contributed by atoms with E-state index >= 15 is 0 Å². The highest BCUT2D eigenvalue weighted by Gasteiger charge is 2.27. The lowest BCUT2D eigenvalue weighted by Crippen LogP contribution is -2.40. The van der Waals surface area contributed by atoms with Crippen LogP contribution in [0.5, 0.6) is 0 Å². The van der Waals surface area contributed by atoms with E-state index in [4.69, 9.17) is 0 Å². The van der Waals surface area contributed by atoms with Crippen molar-refractivity contribution in [3.63, 3.8) is 0 Å². The largest absolute Gasteiger partial charge is 0.337 e. The van der Waals surface area contributed by atoms with Gasteiger partial charge in [0.05, 0.1) is 0 Å². The van der Waals surface area contributed by atoms with E-state index in [0.717, 1.165) is 50.3 Å². The van der Waals surface area contributed by atoms with Gasteiger partial charge in [0.1, 0.15) is 0 Å². The number of aromatic amines is 1. The predicted molar refractivity (Wildman–Crippen MR) is 68.3 cm³/mol. The van der Waals surface area contributed by atoms with Crippen LogP contribution in [-0.4, -0.2) is 40.6 Å². The molecular weight excluding hydrogens is 228 g/mol. The number of hydrogen-bond donors (Lipinski definition) is 2. The van der Waals surface area contributed by atoms with Gasteiger partial charge < -0.3 is 10.2 Å². The fraction of sp³-hybridized carbons (Fsp3) is 0.692. The van der Waals surface area contributed by atoms with Crippen LogP contribution >= 0.6 is 0 Å². The Morgan fingerprint density at radius 2 is 2.39 bits per heavy atom. The van der Waals surface area contributed by atoms with Crippen LogP contribution in [0, 0.1) is 5.92 Å². The number of aromatic nitrogens is 2. The Morgan fingerprint density at radius 1 is 1.50 bits per heavy atom. The van der Waals surface area contributed by atoms with Gasteiger partial charge in [0.15, 0.2) is 5.69 Å². The van der Waals surface area contributed by atoms with E-state index in [2.05, 4.69) is 22.4 Å². The molecule has 3 rings (SSSR count). The van der Waals surface area contributed by atoms with Gasteiger partial charge in [-0.2, -0.15) is 5.10 Å². The molecule has 0 aliphatic carbocycles. The molecule has 2 aliphatic heterocycles. The molecule has 0 bridgehead atoms. The Labute approximate surface area is 107 Å². The smallest absolute Gasteiger partial charge is 0.274 e. The summed E-state index contributed by atoms with van der Waals surface area (Å²) in [6.45, 7) is 5.67. The van der Waals surface area contributed by atoms with Crippen molar-refractivity contribution in [2.45, 2.75) is 32.7 Å². The number of rotatable bonds is 1. The van der Waals surface area contributed by atoms with Crippen LogP contribution in [0.1, 0.15) is 41.5 Å². The van der Waals surface area contributed by atoms with E-state index in [0.29, 0.717) is 11.6 Å². The number of amides is 1. The second-order valence-electron chi connectivity index (χ2n) is 5.45. The van der Waals surface area contributed by atoms with Gasteiger partial charge in [0, 0.05) is 43.9 Å². The van der Waals surface area contributed by atoms with Gasteiger partial charge in [-0.15, -0.1) is 0 Å². The lowest BCUT2D eigenvalue weighted by molar-refractivity contribution is 0.0675. The number of hydrogen-bond acceptors (Lipinski definition) is 3. The molecule has 2 N–H and O–H groups in total. The van der Waals surface area contributed by atoms with Crippen molar-refractivity contribution >= 4 is 5.91 Å². The molecule has 1 unspecified atom stereocenters. The van der Waals surface area contributed by atoms with Crippen LogP contribution in [0.2, 0.25) is 0 Å². The van der Waals surface area contributed by atoms with Crippen LogP contribution in [0.4, 0.5) is 0 Å². The normalized spacial score (nSPS) is 23.8. The number of nitrogens with one attached hydrogen (secondary N) is 2. The highest BCUT2D eigenvalue weighted by Crippen LogP contribution is 2.21. The molecule has 1 saturated heterocycles. The molecule has 0 aromatic carbocycles. The van der Waals surface area contributed by atoms with Crippen molar-refractivity contribution in [2.75, 3.05) is 19.6 Å². The molecule has 0 radical (unpaired) electrons. The minimum atomic E-state index is 0.0998. The topological polar surface area (TPSA) is 61.0 Å². The Hall–Kier alpha value is -1.36. The third-order valence-electron chi connectivity index (χ3n) is 3.95. The zero-order valence-electron chi connectivity index (χ0n) is 10.8. The van der Waals surface area contributed by atoms with Crippen molar-refractivity contribution < 1.29 is 4.79 Å². The number of likely N-dealkylation sites (tertiary alicyclic amines) is 1. The summed E-state index contributed by atoms with van der Waals surface area (Å²) in [5, 5.41) is 10.6. The van der Waals surface area contributed by atoms with Crippen molar-refractivity contribution in [2.24, 2.45) is 5.92 Å². The second kappa shape index (κ2) is 4.72. The number of H-pyrrole nitrogens is 1. The van der Waals surface area contributed by atoms with E-state index in [1.807, 2.05) is 4.90 Å². The second-order valence-corrected chi connectivity index (χ2v) is 5.45. The minimum Gasteiger partial charge on any atom is -0.337 e. The lowest BCUT2D eigenvalue weighted by atomic mass is 9.99. The predicted octanol–water partition coefficient (Wildman–Crippen LogP) is 0.927. The summed E-state index contributed by atoms with van der Waals surface area (Å²) in [5.41, 5.74) is 2.83. The molecule has 1 atom stereocenters. The fourth-order valence-corrected chi connectivity index (χ4v) is 2.93. The number of carbonyl (C=O) groups excluding carboxylic acids is 1. The Bertz CT molecular complexity index is 454. The summed E-state index contributed by atoms with van der Waals surface area (Å²) in [7, 11) is 0. The maximum atomic E-state index is 12.5. The van der Waals surface area contributed by atoms with Gasteiger partial charge in [-0.05, 0) is 18.8 Å². The first kappa shape index (κ1) is 11.7. The third kappa shape index (κ3) is 2.03. The number of carbonyl (C=O) groups is 1. The zero-order chi connectivity index (χ0) is 12.5. The fourth-order valence-electron chi connectivity index (χ4n) is 2.93. The number of piperidine rings is 1. The van der Waals surface area contributed by atoms with Crippen LogP contribution in [0.15, 0.2) is 0 Å². The summed E-state index contributed by atoms with van der Waals surface area (Å²) < 4.78 is 0. The quantitative estimate of drug-likeness (QED) is 0.777. The van der Waals surface area contributed by atoms with E-state index in [-0.39, 0.29) is 5.91 Å². The first-order chi connectivity index (χ1) is 8.75. The molecule has 1 aromatic heterocycles. The van der Waals surface area contributed by atoms with Crippen molar-refractivity contribution in [1.82, 2.24) is 20.4 Å². The molecule has 3 heterocycles. The van der Waals surface area contributed by atoms with E-state index in [1.165, 1.54) is 6.42 Å². The molecule has 1 aromatic rings. The van der Waals surface area contributed by atoms with Crippen molar-refractivity contribution in [1.29, 1.82) is 0 Å². The molecule has 5 heteroatoms. The van der Waals surface area contributed by atoms with Crippen LogP contribution in [-0.2, 0) is 13.0 Å². The summed E-state index contributed by atoms with van der Waals surface area (Å²) in [4.78, 5) is 14.5. The minimum absolute atomic E-state index is 0.0998. The van der Waals surface area contributed by atoms with Gasteiger partial charge in [0.2, 0.25) is 0 Å². The maximum absolute atomic E-state index is 12.5. The molecule has 98 valence electrons. The number of fused-ring (bicyclic) bond motifs is 1. The lowest BCUT2D eigenvalue weighted by Gasteiger charge is -2.30. The highest BCUT2D eigenvalue weighted by molar-refractivity contribution is 5.94. The van der Waals surface area contributed by atoms with Crippen LogP contribution in [0.3, 0.4) is 0 Å². The van der Waals surface area contributed by atoms with Crippen molar-refractivity contribution in [3.8, 4) is 0 Å². The summed E-state index contributed by atoms with van der Waals surface area (Å²) in [6.07, 6.45) is 3.27. The Morgan fingerprint density at radius 3 is 3.22 bits per heavy atom. The molecule has 0 saturated carbocycles. The average molecular weight is 248 g/mol. The van der Waals surface area contributed by atoms with Crippen molar-refractivity contribution in [3.05, 3.63) is 17.0 Å². The number of nitrogens with zero attached hydrogens (tertiary/aromatic N) is 2. The standard InChI is InChI=1S/C13H20N4O/c1-9-3-2-6-17(8-9)13(18)12-10-7-14-5-4-11(10)15-16-12/h9,14H,2-8H2,1H3,(H,15,16). The summed E-state index contributed by atoms with van der Waals surface area (Å²) in [6, 6.07) is 0. The molecule has 5 nitrogen and oxygen atoms in total. The van der Waals surface area contributed by atoms with Gasteiger partial charge in [-0.3, -0.25) is 9.89 Å². The van der Waals surface area contributed by atoms with Crippen LogP contribution in [0.25, 0.3) is 0 Å². The molecular formula is C13H20N4O. The summed E-state index contributed by atoms with van der Waals surface area (Å²) >= 11 is 0. The van der Waals surface area contributed by atoms with E-state index in [1.54, 1.807) is 0 Å². The third-order valence-corrected chi connectivity index (χ3v) is 3.95. The van der Waals surface area contributed by atoms with Gasteiger partial charge >= 0.3 is 0 Å². The van der Waals surface area contributed by atoms with Gasteiger partial charge in [-0.25, -0.2) is 0 Å². The molecule has 2 aliphatic rings. The molecule has 0 spiro atoms. The van der Waals surface area contributed by atoms with Gasteiger partial charge in [-0.1, -0.05) is 6.92 Å². The van der Waals surface area contributed by atoms with E-state index < -0.39 is 0 Å². The molecule has 18 heavy (non-hydrogen) atoms. The van der Waals surface area contributed by atoms with Gasteiger partial charge in [0.25, 0.3) is 5.91 Å². The summed E-state index contributed by atoms with van der Waals surface area (Å²) in [5.74, 6) is 0.707. The molecule has 1 amide bonds. The molecule has 1 fully saturated rings. The zero-order valence-corrected chi connectivity index (χ0v) is 10.8. The Kier molecular flexibility index (Phi) is 3.07. The SMILES string of the molecule is CC1CCCN(C(=O)c2n[nH]c3c2CNCC3)C1. The highest BCUT2D eigenvalue weighted by atomic mass is 16.2. The monoisotopic (exact) mass is 248 g/mol. The maximum Gasteiger partial charge on any atom is 0.274 e. The average Bonchev–Trinajstić information content (AvgIpc) is 2.82. The van der Waals surface area contributed by atoms with Crippen LogP contribution < -0.4 is 5.32 Å². The van der Waals surface area contributed by atoms with E-state index in [9.17, 15) is 4.79 Å². The first-order valence-electron chi connectivity index (χ1n) is 6.82.